The molecule has 0 bridgehead atoms. The lowest BCUT2D eigenvalue weighted by Crippen LogP contribution is -2.37. The number of fused-ring (bicyclic) bond motifs is 1. The maximum atomic E-state index is 13.9. The van der Waals surface area contributed by atoms with Gasteiger partial charge in [-0.05, 0) is 36.8 Å². The lowest BCUT2D eigenvalue weighted by Gasteiger charge is -2.34. The summed E-state index contributed by atoms with van der Waals surface area (Å²) in [6.07, 6.45) is -1.62. The Morgan fingerprint density at radius 1 is 1.12 bits per heavy atom. The molecule has 3 heterocycles. The Morgan fingerprint density at radius 3 is 2.56 bits per heavy atom. The number of nitrogens with one attached hydrogen (secondary N) is 1. The number of anilines is 1. The first-order chi connectivity index (χ1) is 16.3. The summed E-state index contributed by atoms with van der Waals surface area (Å²) in [4.78, 5) is 15.1. The van der Waals surface area contributed by atoms with E-state index < -0.39 is 18.3 Å². The predicted molar refractivity (Wildman–Crippen MR) is 124 cm³/mol. The molecule has 1 amide bonds. The quantitative estimate of drug-likeness (QED) is 0.546. The van der Waals surface area contributed by atoms with E-state index in [1.165, 1.54) is 17.3 Å². The Kier molecular flexibility index (Phi) is 5.83. The summed E-state index contributed by atoms with van der Waals surface area (Å²) < 4.78 is 42.7. The van der Waals surface area contributed by atoms with Crippen LogP contribution in [0, 0.1) is 12.8 Å². The molecule has 3 unspecified atom stereocenters. The zero-order valence-corrected chi connectivity index (χ0v) is 18.9. The molecular weight excluding hydrogens is 441 g/mol. The van der Waals surface area contributed by atoms with Gasteiger partial charge < -0.3 is 10.2 Å². The molecule has 1 aromatic heterocycles. The van der Waals surface area contributed by atoms with Crippen LogP contribution >= 0.6 is 0 Å². The molecule has 5 rings (SSSR count). The van der Waals surface area contributed by atoms with E-state index in [-0.39, 0.29) is 23.7 Å². The number of halogens is 3. The fourth-order valence-corrected chi connectivity index (χ4v) is 5.03. The molecule has 8 heteroatoms. The summed E-state index contributed by atoms with van der Waals surface area (Å²) in [5, 5.41) is 7.18. The molecule has 3 aromatic rings. The van der Waals surface area contributed by atoms with Crippen LogP contribution in [0.2, 0.25) is 0 Å². The minimum Gasteiger partial charge on any atom is -0.363 e. The molecule has 0 spiro atoms. The number of carbonyl (C=O) groups is 1. The van der Waals surface area contributed by atoms with E-state index in [0.29, 0.717) is 19.0 Å². The van der Waals surface area contributed by atoms with Crippen LogP contribution < -0.4 is 5.32 Å². The van der Waals surface area contributed by atoms with Crippen LogP contribution in [0.3, 0.4) is 0 Å². The van der Waals surface area contributed by atoms with E-state index in [1.54, 1.807) is 29.2 Å². The Balaban J connectivity index is 1.36. The molecule has 0 saturated carbocycles. The molecule has 1 fully saturated rings. The second-order valence-electron chi connectivity index (χ2n) is 9.35. The van der Waals surface area contributed by atoms with Crippen molar-refractivity contribution in [1.29, 1.82) is 0 Å². The minimum absolute atomic E-state index is 0.148. The molecule has 2 aliphatic rings. The predicted octanol–water partition coefficient (Wildman–Crippen LogP) is 5.56. The van der Waals surface area contributed by atoms with Crippen molar-refractivity contribution in [2.45, 2.75) is 44.4 Å². The zero-order valence-electron chi connectivity index (χ0n) is 18.9. The van der Waals surface area contributed by atoms with Gasteiger partial charge in [-0.1, -0.05) is 60.2 Å². The second kappa shape index (κ2) is 8.81. The highest BCUT2D eigenvalue weighted by molar-refractivity contribution is 5.99. The molecule has 178 valence electrons. The average Bonchev–Trinajstić information content (AvgIpc) is 3.47. The summed E-state index contributed by atoms with van der Waals surface area (Å²) in [5.74, 6) is 0.204. The lowest BCUT2D eigenvalue weighted by molar-refractivity contribution is -0.173. The Bertz CT molecular complexity index is 1160. The number of hydrogen-bond acceptors (Lipinski definition) is 3. The van der Waals surface area contributed by atoms with Gasteiger partial charge in [-0.15, -0.1) is 0 Å². The van der Waals surface area contributed by atoms with Gasteiger partial charge in [0.05, 0.1) is 12.2 Å². The summed E-state index contributed by atoms with van der Waals surface area (Å²) in [6.45, 7) is 3.22. The van der Waals surface area contributed by atoms with Gasteiger partial charge in [0.15, 0.2) is 6.04 Å². The van der Waals surface area contributed by atoms with Crippen LogP contribution in [0.1, 0.15) is 52.0 Å². The molecule has 2 aromatic carbocycles. The van der Waals surface area contributed by atoms with E-state index in [0.717, 1.165) is 23.1 Å². The van der Waals surface area contributed by atoms with Crippen LogP contribution in [-0.4, -0.2) is 39.9 Å². The number of nitrogens with zero attached hydrogens (tertiary/aromatic N) is 3. The van der Waals surface area contributed by atoms with Crippen molar-refractivity contribution < 1.29 is 18.0 Å². The molecule has 3 atom stereocenters. The van der Waals surface area contributed by atoms with Gasteiger partial charge in [0.25, 0.3) is 5.91 Å². The molecule has 34 heavy (non-hydrogen) atoms. The lowest BCUT2D eigenvalue weighted by atomic mass is 9.96. The third-order valence-corrected chi connectivity index (χ3v) is 6.89. The SMILES string of the molecule is Cc1ccc(CC2CCN(C(=O)c3cnn4c3NC(c3ccccc3)CC4C(F)(F)F)C2)cc1. The monoisotopic (exact) mass is 468 g/mol. The van der Waals surface area contributed by atoms with Gasteiger partial charge in [0, 0.05) is 19.5 Å². The third-order valence-electron chi connectivity index (χ3n) is 6.89. The molecule has 5 nitrogen and oxygen atoms in total. The molecule has 2 aliphatic heterocycles. The van der Waals surface area contributed by atoms with Gasteiger partial charge >= 0.3 is 6.18 Å². The van der Waals surface area contributed by atoms with E-state index in [2.05, 4.69) is 34.7 Å². The Morgan fingerprint density at radius 2 is 1.85 bits per heavy atom. The maximum absolute atomic E-state index is 13.9. The normalized spacial score (nSPS) is 22.4. The first-order valence-electron chi connectivity index (χ1n) is 11.6. The number of benzene rings is 2. The number of aromatic nitrogens is 2. The Hall–Kier alpha value is -3.29. The van der Waals surface area contributed by atoms with Gasteiger partial charge in [-0.2, -0.15) is 18.3 Å². The maximum Gasteiger partial charge on any atom is 0.410 e. The topological polar surface area (TPSA) is 50.2 Å². The molecule has 1 saturated heterocycles. The number of alkyl halides is 3. The average molecular weight is 469 g/mol. The first-order valence-corrected chi connectivity index (χ1v) is 11.6. The van der Waals surface area contributed by atoms with Gasteiger partial charge in [0.1, 0.15) is 11.4 Å². The highest BCUT2D eigenvalue weighted by Crippen LogP contribution is 2.44. The second-order valence-corrected chi connectivity index (χ2v) is 9.35. The van der Waals surface area contributed by atoms with Crippen molar-refractivity contribution in [1.82, 2.24) is 14.7 Å². The van der Waals surface area contributed by atoms with E-state index in [1.807, 2.05) is 13.0 Å². The summed E-state index contributed by atoms with van der Waals surface area (Å²) in [5.41, 5.74) is 3.39. The van der Waals surface area contributed by atoms with Crippen molar-refractivity contribution in [3.8, 4) is 0 Å². The van der Waals surface area contributed by atoms with Crippen LogP contribution in [-0.2, 0) is 6.42 Å². The smallest absolute Gasteiger partial charge is 0.363 e. The number of rotatable bonds is 4. The molecular formula is C26H27F3N4O. The van der Waals surface area contributed by atoms with Crippen LogP contribution in [0.5, 0.6) is 0 Å². The Labute approximate surface area is 196 Å². The number of likely N-dealkylation sites (tertiary alicyclic amines) is 1. The number of aryl methyl sites for hydroxylation is 1. The standard InChI is InChI=1S/C26H27F3N4O/c1-17-7-9-18(10-8-17)13-19-11-12-32(16-19)25(34)21-15-30-33-23(26(27,28)29)14-22(31-24(21)33)20-5-3-2-4-6-20/h2-10,15,19,22-23,31H,11-14,16H2,1H3. The van der Waals surface area contributed by atoms with Crippen molar-refractivity contribution in [2.75, 3.05) is 18.4 Å². The van der Waals surface area contributed by atoms with Crippen molar-refractivity contribution in [3.05, 3.63) is 83.0 Å². The van der Waals surface area contributed by atoms with E-state index in [9.17, 15) is 18.0 Å². The van der Waals surface area contributed by atoms with E-state index in [4.69, 9.17) is 0 Å². The van der Waals surface area contributed by atoms with E-state index >= 15 is 0 Å². The number of hydrogen-bond donors (Lipinski definition) is 1. The molecule has 0 aliphatic carbocycles. The largest absolute Gasteiger partial charge is 0.410 e. The van der Waals surface area contributed by atoms with Crippen LogP contribution in [0.15, 0.2) is 60.8 Å². The fraction of sp³-hybridized carbons (Fsp3) is 0.385. The highest BCUT2D eigenvalue weighted by Gasteiger charge is 2.47. The van der Waals surface area contributed by atoms with Gasteiger partial charge in [-0.25, -0.2) is 4.68 Å². The summed E-state index contributed by atoms with van der Waals surface area (Å²) >= 11 is 0. The van der Waals surface area contributed by atoms with Crippen molar-refractivity contribution in [3.63, 3.8) is 0 Å². The van der Waals surface area contributed by atoms with Crippen LogP contribution in [0.25, 0.3) is 0 Å². The summed E-state index contributed by atoms with van der Waals surface area (Å²) in [6, 6.07) is 15.1. The van der Waals surface area contributed by atoms with Crippen molar-refractivity contribution >= 4 is 11.7 Å². The minimum atomic E-state index is -4.47. The number of amides is 1. The first kappa shape index (κ1) is 22.5. The van der Waals surface area contributed by atoms with Gasteiger partial charge in [0.2, 0.25) is 0 Å². The zero-order chi connectivity index (χ0) is 23.9. The number of carbonyl (C=O) groups excluding carboxylic acids is 1. The van der Waals surface area contributed by atoms with Gasteiger partial charge in [-0.3, -0.25) is 4.79 Å². The van der Waals surface area contributed by atoms with Crippen molar-refractivity contribution in [2.24, 2.45) is 5.92 Å². The molecule has 0 radical (unpaired) electrons. The van der Waals surface area contributed by atoms with Crippen LogP contribution in [0.4, 0.5) is 19.0 Å². The fourth-order valence-electron chi connectivity index (χ4n) is 5.03. The summed E-state index contributed by atoms with van der Waals surface area (Å²) in [7, 11) is 0. The highest BCUT2D eigenvalue weighted by atomic mass is 19.4. The molecule has 1 N–H and O–H groups in total. The third kappa shape index (κ3) is 4.41.